The Bertz CT molecular complexity index is 738. The normalized spacial score (nSPS) is 13.4. The molecule has 0 atom stereocenters. The molecule has 0 saturated carbocycles. The lowest BCUT2D eigenvalue weighted by Crippen LogP contribution is -2.38. The van der Waals surface area contributed by atoms with Crippen LogP contribution in [-0.4, -0.2) is 40.3 Å². The molecular weight excluding hydrogens is 286 g/mol. The molecule has 7 nitrogen and oxygen atoms in total. The maximum atomic E-state index is 12.6. The number of aromatic nitrogens is 2. The van der Waals surface area contributed by atoms with Gasteiger partial charge >= 0.3 is 5.97 Å². The first-order chi connectivity index (χ1) is 10.6. The molecule has 2 aromatic rings. The van der Waals surface area contributed by atoms with Gasteiger partial charge in [-0.25, -0.2) is 4.79 Å². The summed E-state index contributed by atoms with van der Waals surface area (Å²) < 4.78 is 5.57. The van der Waals surface area contributed by atoms with E-state index in [0.717, 1.165) is 12.0 Å². The molecule has 0 saturated heterocycles. The summed E-state index contributed by atoms with van der Waals surface area (Å²) in [7, 11) is 0. The summed E-state index contributed by atoms with van der Waals surface area (Å²) in [6.07, 6.45) is 0.848. The number of carbonyl (C=O) groups excluding carboxylic acids is 1. The average molecular weight is 301 g/mol. The standard InChI is InChI=1S/C15H15N3O4/c1-2-9-3-4-13-12(7-9)18(5-6-22-13)14(19)10-8-11(15(20)21)17-16-10/h3-4,7-8H,2,5-6H2,1H3,(H,16,17)(H,20,21). The maximum Gasteiger partial charge on any atom is 0.353 e. The Morgan fingerprint density at radius 1 is 1.41 bits per heavy atom. The molecule has 1 aromatic heterocycles. The smallest absolute Gasteiger partial charge is 0.353 e. The summed E-state index contributed by atoms with van der Waals surface area (Å²) in [6.45, 7) is 2.82. The molecule has 0 fully saturated rings. The zero-order chi connectivity index (χ0) is 15.7. The fourth-order valence-electron chi connectivity index (χ4n) is 2.37. The zero-order valence-corrected chi connectivity index (χ0v) is 12.0. The summed E-state index contributed by atoms with van der Waals surface area (Å²) in [5.41, 5.74) is 1.75. The van der Waals surface area contributed by atoms with Gasteiger partial charge in [0.15, 0.2) is 5.69 Å². The highest BCUT2D eigenvalue weighted by atomic mass is 16.5. The Morgan fingerprint density at radius 2 is 2.23 bits per heavy atom. The van der Waals surface area contributed by atoms with Gasteiger partial charge in [0, 0.05) is 6.07 Å². The number of aromatic amines is 1. The molecule has 22 heavy (non-hydrogen) atoms. The molecule has 2 N–H and O–H groups in total. The van der Waals surface area contributed by atoms with Gasteiger partial charge in [-0.05, 0) is 24.1 Å². The minimum absolute atomic E-state index is 0.0761. The minimum atomic E-state index is -1.15. The van der Waals surface area contributed by atoms with Crippen LogP contribution in [0.15, 0.2) is 24.3 Å². The first-order valence-corrected chi connectivity index (χ1v) is 6.96. The molecule has 0 radical (unpaired) electrons. The van der Waals surface area contributed by atoms with Crippen LogP contribution >= 0.6 is 0 Å². The van der Waals surface area contributed by atoms with Crippen LogP contribution in [0.1, 0.15) is 33.5 Å². The molecule has 0 bridgehead atoms. The SMILES string of the molecule is CCc1ccc2c(c1)N(C(=O)c1cc(C(=O)O)[nH]n1)CCO2. The van der Waals surface area contributed by atoms with Crippen LogP contribution in [0.4, 0.5) is 5.69 Å². The molecule has 1 aliphatic heterocycles. The van der Waals surface area contributed by atoms with Crippen LogP contribution in [0.3, 0.4) is 0 Å². The van der Waals surface area contributed by atoms with Crippen LogP contribution in [-0.2, 0) is 6.42 Å². The van der Waals surface area contributed by atoms with Crippen LogP contribution in [0, 0.1) is 0 Å². The first kappa shape index (κ1) is 14.1. The number of rotatable bonds is 3. The van der Waals surface area contributed by atoms with Crippen molar-refractivity contribution in [1.29, 1.82) is 0 Å². The van der Waals surface area contributed by atoms with Gasteiger partial charge in [0.1, 0.15) is 18.1 Å². The monoisotopic (exact) mass is 301 g/mol. The number of hydrogen-bond donors (Lipinski definition) is 2. The third-order valence-corrected chi connectivity index (χ3v) is 3.57. The number of aryl methyl sites for hydroxylation is 1. The van der Waals surface area contributed by atoms with E-state index in [-0.39, 0.29) is 17.3 Å². The van der Waals surface area contributed by atoms with E-state index < -0.39 is 5.97 Å². The molecule has 2 heterocycles. The minimum Gasteiger partial charge on any atom is -0.490 e. The number of amides is 1. The van der Waals surface area contributed by atoms with Crippen LogP contribution in [0.5, 0.6) is 5.75 Å². The molecule has 3 rings (SSSR count). The highest BCUT2D eigenvalue weighted by molar-refractivity contribution is 6.06. The van der Waals surface area contributed by atoms with Crippen molar-refractivity contribution in [2.24, 2.45) is 0 Å². The van der Waals surface area contributed by atoms with Crippen LogP contribution in [0.25, 0.3) is 0 Å². The number of nitrogens with zero attached hydrogens (tertiary/aromatic N) is 2. The summed E-state index contributed by atoms with van der Waals surface area (Å²) in [4.78, 5) is 25.0. The number of hydrogen-bond acceptors (Lipinski definition) is 4. The number of fused-ring (bicyclic) bond motifs is 1. The predicted molar refractivity (Wildman–Crippen MR) is 78.5 cm³/mol. The van der Waals surface area contributed by atoms with Gasteiger partial charge in [0.05, 0.1) is 12.2 Å². The average Bonchev–Trinajstić information content (AvgIpc) is 3.03. The number of ether oxygens (including phenoxy) is 1. The quantitative estimate of drug-likeness (QED) is 0.899. The number of H-pyrrole nitrogens is 1. The fraction of sp³-hybridized carbons (Fsp3) is 0.267. The van der Waals surface area contributed by atoms with E-state index in [2.05, 4.69) is 10.2 Å². The van der Waals surface area contributed by atoms with Gasteiger partial charge in [0.2, 0.25) is 0 Å². The van der Waals surface area contributed by atoms with E-state index in [9.17, 15) is 9.59 Å². The number of carboxylic acids is 1. The van der Waals surface area contributed by atoms with E-state index in [4.69, 9.17) is 9.84 Å². The third kappa shape index (κ3) is 2.41. The third-order valence-electron chi connectivity index (χ3n) is 3.57. The molecule has 1 amide bonds. The van der Waals surface area contributed by atoms with Crippen molar-refractivity contribution in [1.82, 2.24) is 10.2 Å². The molecule has 0 aliphatic carbocycles. The van der Waals surface area contributed by atoms with Crippen molar-refractivity contribution in [2.45, 2.75) is 13.3 Å². The first-order valence-electron chi connectivity index (χ1n) is 6.96. The number of aromatic carboxylic acids is 1. The number of carbonyl (C=O) groups is 2. The Balaban J connectivity index is 1.95. The maximum absolute atomic E-state index is 12.6. The van der Waals surface area contributed by atoms with E-state index >= 15 is 0 Å². The lowest BCUT2D eigenvalue weighted by molar-refractivity contribution is 0.0690. The summed E-state index contributed by atoms with van der Waals surface area (Å²) in [6, 6.07) is 6.96. The van der Waals surface area contributed by atoms with Gasteiger partial charge in [-0.2, -0.15) is 5.10 Å². The Morgan fingerprint density at radius 3 is 2.91 bits per heavy atom. The molecule has 114 valence electrons. The van der Waals surface area contributed by atoms with Crippen molar-refractivity contribution < 1.29 is 19.4 Å². The number of nitrogens with one attached hydrogen (secondary N) is 1. The fourth-order valence-corrected chi connectivity index (χ4v) is 2.37. The Kier molecular flexibility index (Phi) is 3.54. The summed E-state index contributed by atoms with van der Waals surface area (Å²) in [5, 5.41) is 15.0. The van der Waals surface area contributed by atoms with Gasteiger partial charge in [0.25, 0.3) is 5.91 Å². The van der Waals surface area contributed by atoms with Crippen LogP contribution < -0.4 is 9.64 Å². The van der Waals surface area contributed by atoms with Crippen molar-refractivity contribution in [3.8, 4) is 5.75 Å². The number of anilines is 1. The second-order valence-electron chi connectivity index (χ2n) is 4.93. The second kappa shape index (κ2) is 5.51. The lowest BCUT2D eigenvalue weighted by Gasteiger charge is -2.29. The second-order valence-corrected chi connectivity index (χ2v) is 4.93. The van der Waals surface area contributed by atoms with Gasteiger partial charge in [-0.15, -0.1) is 0 Å². The topological polar surface area (TPSA) is 95.5 Å². The van der Waals surface area contributed by atoms with Gasteiger partial charge < -0.3 is 14.7 Å². The molecule has 1 aliphatic rings. The van der Waals surface area contributed by atoms with Crippen LogP contribution in [0.2, 0.25) is 0 Å². The highest BCUT2D eigenvalue weighted by Crippen LogP contribution is 2.33. The van der Waals surface area contributed by atoms with Crippen molar-refractivity contribution in [2.75, 3.05) is 18.1 Å². The molecule has 0 spiro atoms. The zero-order valence-electron chi connectivity index (χ0n) is 12.0. The van der Waals surface area contributed by atoms with E-state index in [1.54, 1.807) is 4.90 Å². The number of carboxylic acid groups (broad SMARTS) is 1. The summed E-state index contributed by atoms with van der Waals surface area (Å²) in [5.74, 6) is -0.852. The molecular formula is C15H15N3O4. The van der Waals surface area contributed by atoms with E-state index in [0.29, 0.717) is 24.6 Å². The van der Waals surface area contributed by atoms with Crippen molar-refractivity contribution in [3.63, 3.8) is 0 Å². The van der Waals surface area contributed by atoms with Gasteiger partial charge in [-0.3, -0.25) is 9.89 Å². The lowest BCUT2D eigenvalue weighted by atomic mass is 10.1. The van der Waals surface area contributed by atoms with E-state index in [1.807, 2.05) is 25.1 Å². The summed E-state index contributed by atoms with van der Waals surface area (Å²) >= 11 is 0. The predicted octanol–water partition coefficient (Wildman–Crippen LogP) is 1.71. The Hall–Kier alpha value is -2.83. The molecule has 0 unspecified atom stereocenters. The van der Waals surface area contributed by atoms with Crippen molar-refractivity contribution >= 4 is 17.6 Å². The largest absolute Gasteiger partial charge is 0.490 e. The Labute approximate surface area is 126 Å². The molecule has 1 aromatic carbocycles. The van der Waals surface area contributed by atoms with Crippen molar-refractivity contribution in [3.05, 3.63) is 41.2 Å². The molecule has 7 heteroatoms. The number of benzene rings is 1. The highest BCUT2D eigenvalue weighted by Gasteiger charge is 2.27. The van der Waals surface area contributed by atoms with E-state index in [1.165, 1.54) is 6.07 Å². The van der Waals surface area contributed by atoms with Gasteiger partial charge in [-0.1, -0.05) is 13.0 Å².